The molecule has 0 saturated carbocycles. The largest absolute Gasteiger partial charge is 0.392 e. The van der Waals surface area contributed by atoms with Crippen LogP contribution in [0.1, 0.15) is 16.7 Å². The fraction of sp³-hybridized carbons (Fsp3) is 0.222. The molecule has 2 heteroatoms. The first-order chi connectivity index (χ1) is 9.88. The molecule has 0 aliphatic heterocycles. The molecule has 0 aliphatic carbocycles. The molecule has 0 bridgehead atoms. The third-order valence-electron chi connectivity index (χ3n) is 3.17. The second-order valence-corrected chi connectivity index (χ2v) is 4.74. The van der Waals surface area contributed by atoms with Gasteiger partial charge in [-0.15, -0.1) is 0 Å². The number of hydrogen-bond acceptors (Lipinski definition) is 2. The summed E-state index contributed by atoms with van der Waals surface area (Å²) in [6, 6.07) is 18.4. The number of aliphatic hydroxyl groups excluding tert-OH is 1. The van der Waals surface area contributed by atoms with Gasteiger partial charge in [-0.25, -0.2) is 0 Å². The molecular formula is C18H21NO. The summed E-state index contributed by atoms with van der Waals surface area (Å²) >= 11 is 0. The van der Waals surface area contributed by atoms with Crippen LogP contribution in [0.3, 0.4) is 0 Å². The molecule has 2 aromatic carbocycles. The highest BCUT2D eigenvalue weighted by atomic mass is 16.3. The zero-order chi connectivity index (χ0) is 14.0. The zero-order valence-corrected chi connectivity index (χ0v) is 11.6. The molecule has 0 radical (unpaired) electrons. The summed E-state index contributed by atoms with van der Waals surface area (Å²) in [6.07, 6.45) is 5.28. The number of benzene rings is 2. The van der Waals surface area contributed by atoms with E-state index in [9.17, 15) is 0 Å². The van der Waals surface area contributed by atoms with Gasteiger partial charge in [-0.3, -0.25) is 0 Å². The number of aliphatic hydroxyl groups is 1. The summed E-state index contributed by atoms with van der Waals surface area (Å²) in [6.45, 7) is 1.95. The van der Waals surface area contributed by atoms with Crippen LogP contribution in [0.5, 0.6) is 0 Å². The minimum atomic E-state index is 0.114. The van der Waals surface area contributed by atoms with E-state index >= 15 is 0 Å². The average Bonchev–Trinajstić information content (AvgIpc) is 2.52. The maximum absolute atomic E-state index is 8.98. The van der Waals surface area contributed by atoms with Crippen LogP contribution in [0.4, 0.5) is 0 Å². The smallest absolute Gasteiger partial charge is 0.0681 e. The predicted molar refractivity (Wildman–Crippen MR) is 84.4 cm³/mol. The highest BCUT2D eigenvalue weighted by Gasteiger charge is 1.93. The van der Waals surface area contributed by atoms with Gasteiger partial charge < -0.3 is 10.4 Å². The monoisotopic (exact) mass is 267 g/mol. The Labute approximate surface area is 120 Å². The summed E-state index contributed by atoms with van der Waals surface area (Å²) in [4.78, 5) is 0. The van der Waals surface area contributed by atoms with Gasteiger partial charge in [0, 0.05) is 6.54 Å². The third-order valence-corrected chi connectivity index (χ3v) is 3.17. The van der Waals surface area contributed by atoms with Gasteiger partial charge in [0.25, 0.3) is 0 Å². The van der Waals surface area contributed by atoms with Crippen molar-refractivity contribution in [3.8, 4) is 0 Å². The van der Waals surface area contributed by atoms with E-state index in [-0.39, 0.29) is 6.61 Å². The molecule has 0 atom stereocenters. The van der Waals surface area contributed by atoms with E-state index in [0.717, 1.165) is 25.1 Å². The summed E-state index contributed by atoms with van der Waals surface area (Å²) in [5.41, 5.74) is 3.49. The minimum absolute atomic E-state index is 0.114. The Morgan fingerprint density at radius 1 is 0.900 bits per heavy atom. The molecule has 0 amide bonds. The van der Waals surface area contributed by atoms with Crippen molar-refractivity contribution in [1.29, 1.82) is 0 Å². The molecule has 2 nitrogen and oxygen atoms in total. The second kappa shape index (κ2) is 8.31. The fourth-order valence-corrected chi connectivity index (χ4v) is 1.99. The lowest BCUT2D eigenvalue weighted by Crippen LogP contribution is -2.16. The molecule has 0 saturated heterocycles. The highest BCUT2D eigenvalue weighted by molar-refractivity contribution is 5.48. The van der Waals surface area contributed by atoms with Crippen molar-refractivity contribution in [1.82, 2.24) is 5.32 Å². The van der Waals surface area contributed by atoms with Crippen molar-refractivity contribution < 1.29 is 5.11 Å². The topological polar surface area (TPSA) is 32.3 Å². The first-order valence-electron chi connectivity index (χ1n) is 6.99. The Bertz CT molecular complexity index is 517. The lowest BCUT2D eigenvalue weighted by atomic mass is 10.1. The molecule has 2 N–H and O–H groups in total. The maximum Gasteiger partial charge on any atom is 0.0681 e. The van der Waals surface area contributed by atoms with E-state index < -0.39 is 0 Å². The van der Waals surface area contributed by atoms with Gasteiger partial charge in [0.1, 0.15) is 0 Å². The van der Waals surface area contributed by atoms with Gasteiger partial charge >= 0.3 is 0 Å². The Morgan fingerprint density at radius 2 is 1.60 bits per heavy atom. The summed E-state index contributed by atoms with van der Waals surface area (Å²) < 4.78 is 0. The van der Waals surface area contributed by atoms with E-state index in [0.29, 0.717) is 0 Å². The Balaban J connectivity index is 1.65. The van der Waals surface area contributed by atoms with Crippen LogP contribution in [0.15, 0.2) is 60.7 Å². The molecule has 20 heavy (non-hydrogen) atoms. The number of rotatable bonds is 7. The highest BCUT2D eigenvalue weighted by Crippen LogP contribution is 2.04. The summed E-state index contributed by atoms with van der Waals surface area (Å²) in [5.74, 6) is 0. The molecule has 2 rings (SSSR count). The molecule has 0 fully saturated rings. The molecule has 0 spiro atoms. The molecular weight excluding hydrogens is 246 g/mol. The van der Waals surface area contributed by atoms with Crippen LogP contribution in [0.25, 0.3) is 6.08 Å². The first kappa shape index (κ1) is 14.5. The Hall–Kier alpha value is -1.90. The van der Waals surface area contributed by atoms with Crippen molar-refractivity contribution in [3.63, 3.8) is 0 Å². The van der Waals surface area contributed by atoms with Gasteiger partial charge in [-0.05, 0) is 29.7 Å². The van der Waals surface area contributed by atoms with Gasteiger partial charge in [-0.1, -0.05) is 66.7 Å². The summed E-state index contributed by atoms with van der Waals surface area (Å²) in [7, 11) is 0. The van der Waals surface area contributed by atoms with Crippen LogP contribution in [0.2, 0.25) is 0 Å². The second-order valence-electron chi connectivity index (χ2n) is 4.74. The SMILES string of the molecule is OCc1ccc(CCNC/C=C/c2ccccc2)cc1. The molecule has 104 valence electrons. The van der Waals surface area contributed by atoms with E-state index in [2.05, 4.69) is 41.7 Å². The Morgan fingerprint density at radius 3 is 2.30 bits per heavy atom. The van der Waals surface area contributed by atoms with Crippen molar-refractivity contribution in [3.05, 3.63) is 77.4 Å². The van der Waals surface area contributed by atoms with E-state index in [4.69, 9.17) is 5.11 Å². The number of nitrogens with one attached hydrogen (secondary N) is 1. The van der Waals surface area contributed by atoms with Crippen LogP contribution >= 0.6 is 0 Å². The van der Waals surface area contributed by atoms with Crippen molar-refractivity contribution in [2.24, 2.45) is 0 Å². The average molecular weight is 267 g/mol. The zero-order valence-electron chi connectivity index (χ0n) is 11.6. The predicted octanol–water partition coefficient (Wildman–Crippen LogP) is 3.02. The molecule has 0 aliphatic rings. The van der Waals surface area contributed by atoms with Crippen LogP contribution in [-0.2, 0) is 13.0 Å². The van der Waals surface area contributed by atoms with Gasteiger partial charge in [0.15, 0.2) is 0 Å². The number of hydrogen-bond donors (Lipinski definition) is 2. The molecule has 2 aromatic rings. The van der Waals surface area contributed by atoms with E-state index in [1.54, 1.807) is 0 Å². The molecule has 0 unspecified atom stereocenters. The van der Waals surface area contributed by atoms with Gasteiger partial charge in [0.2, 0.25) is 0 Å². The molecule has 0 heterocycles. The van der Waals surface area contributed by atoms with Crippen LogP contribution in [-0.4, -0.2) is 18.2 Å². The lowest BCUT2D eigenvalue weighted by molar-refractivity contribution is 0.282. The fourth-order valence-electron chi connectivity index (χ4n) is 1.99. The summed E-state index contributed by atoms with van der Waals surface area (Å²) in [5, 5.41) is 12.4. The van der Waals surface area contributed by atoms with Crippen molar-refractivity contribution in [2.45, 2.75) is 13.0 Å². The van der Waals surface area contributed by atoms with Gasteiger partial charge in [-0.2, -0.15) is 0 Å². The van der Waals surface area contributed by atoms with Crippen LogP contribution in [0, 0.1) is 0 Å². The lowest BCUT2D eigenvalue weighted by Gasteiger charge is -2.03. The Kier molecular flexibility index (Phi) is 6.03. The minimum Gasteiger partial charge on any atom is -0.392 e. The van der Waals surface area contributed by atoms with E-state index in [1.807, 2.05) is 30.3 Å². The third kappa shape index (κ3) is 5.00. The molecule has 0 aromatic heterocycles. The normalized spacial score (nSPS) is 11.1. The maximum atomic E-state index is 8.98. The van der Waals surface area contributed by atoms with Crippen LogP contribution < -0.4 is 5.32 Å². The van der Waals surface area contributed by atoms with E-state index in [1.165, 1.54) is 11.1 Å². The quantitative estimate of drug-likeness (QED) is 0.756. The van der Waals surface area contributed by atoms with Crippen molar-refractivity contribution in [2.75, 3.05) is 13.1 Å². The van der Waals surface area contributed by atoms with Crippen molar-refractivity contribution >= 4 is 6.08 Å². The standard InChI is InChI=1S/C18H21NO/c20-15-18-10-8-17(9-11-18)12-14-19-13-4-7-16-5-2-1-3-6-16/h1-11,19-20H,12-15H2/b7-4+. The van der Waals surface area contributed by atoms with Gasteiger partial charge in [0.05, 0.1) is 6.61 Å². The first-order valence-corrected chi connectivity index (χ1v) is 6.99.